The molecular formula is C15H18ClNO2S. The van der Waals surface area contributed by atoms with E-state index in [0.717, 1.165) is 18.4 Å². The molecule has 0 radical (unpaired) electrons. The van der Waals surface area contributed by atoms with Gasteiger partial charge >= 0.3 is 0 Å². The molecule has 1 aliphatic carbocycles. The molecule has 0 heterocycles. The van der Waals surface area contributed by atoms with Crippen LogP contribution in [0.5, 0.6) is 0 Å². The number of anilines is 1. The highest BCUT2D eigenvalue weighted by atomic mass is 35.5. The Labute approximate surface area is 126 Å². The van der Waals surface area contributed by atoms with Gasteiger partial charge in [0, 0.05) is 39.9 Å². The standard InChI is InChI=1S/C15H18ClNO2S/c1-20(19)10-12-9-13(6-7-14(12)16)17-15(18)8-11-4-2-3-5-11/h2,4,6-7,9,11H,3,5,8,10H2,1H3,(H,17,18). The number of carbonyl (C=O) groups excluding carboxylic acids is 1. The second kappa shape index (κ2) is 7.04. The van der Waals surface area contributed by atoms with E-state index in [4.69, 9.17) is 11.6 Å². The van der Waals surface area contributed by atoms with Gasteiger partial charge in [-0.05, 0) is 42.5 Å². The molecule has 0 saturated carbocycles. The van der Waals surface area contributed by atoms with Crippen molar-refractivity contribution in [3.8, 4) is 0 Å². The molecule has 1 aliphatic rings. The Balaban J connectivity index is 1.99. The van der Waals surface area contributed by atoms with Crippen LogP contribution in [-0.2, 0) is 21.3 Å². The number of amides is 1. The summed E-state index contributed by atoms with van der Waals surface area (Å²) in [6.07, 6.45) is 8.48. The minimum absolute atomic E-state index is 0.00689. The summed E-state index contributed by atoms with van der Waals surface area (Å²) in [6, 6.07) is 5.30. The Morgan fingerprint density at radius 2 is 2.30 bits per heavy atom. The van der Waals surface area contributed by atoms with Crippen LogP contribution in [0.3, 0.4) is 0 Å². The van der Waals surface area contributed by atoms with Gasteiger partial charge in [-0.2, -0.15) is 0 Å². The quantitative estimate of drug-likeness (QED) is 0.846. The zero-order valence-corrected chi connectivity index (χ0v) is 13.0. The smallest absolute Gasteiger partial charge is 0.224 e. The van der Waals surface area contributed by atoms with E-state index in [-0.39, 0.29) is 5.91 Å². The number of hydrogen-bond donors (Lipinski definition) is 1. The molecule has 2 atom stereocenters. The van der Waals surface area contributed by atoms with Crippen molar-refractivity contribution in [1.29, 1.82) is 0 Å². The Bertz CT molecular complexity index is 557. The third kappa shape index (κ3) is 4.46. The highest BCUT2D eigenvalue weighted by Gasteiger charge is 2.14. The van der Waals surface area contributed by atoms with Gasteiger partial charge in [-0.1, -0.05) is 23.8 Å². The molecule has 20 heavy (non-hydrogen) atoms. The molecule has 2 unspecified atom stereocenters. The van der Waals surface area contributed by atoms with Gasteiger partial charge in [0.25, 0.3) is 0 Å². The minimum atomic E-state index is -0.958. The summed E-state index contributed by atoms with van der Waals surface area (Å²) in [4.78, 5) is 11.9. The lowest BCUT2D eigenvalue weighted by Gasteiger charge is -2.10. The molecule has 3 nitrogen and oxygen atoms in total. The maximum atomic E-state index is 11.9. The van der Waals surface area contributed by atoms with Crippen LogP contribution < -0.4 is 5.32 Å². The van der Waals surface area contributed by atoms with Crippen LogP contribution in [-0.4, -0.2) is 16.4 Å². The van der Waals surface area contributed by atoms with Crippen molar-refractivity contribution in [3.05, 3.63) is 40.9 Å². The molecule has 0 saturated heterocycles. The second-order valence-electron chi connectivity index (χ2n) is 5.04. The van der Waals surface area contributed by atoms with Gasteiger partial charge in [-0.3, -0.25) is 9.00 Å². The molecule has 0 bridgehead atoms. The van der Waals surface area contributed by atoms with Gasteiger partial charge in [0.05, 0.1) is 0 Å². The lowest BCUT2D eigenvalue weighted by molar-refractivity contribution is -0.116. The summed E-state index contributed by atoms with van der Waals surface area (Å²) in [5.74, 6) is 0.755. The average Bonchev–Trinajstić information content (AvgIpc) is 2.85. The zero-order valence-electron chi connectivity index (χ0n) is 11.4. The largest absolute Gasteiger partial charge is 0.326 e. The summed E-state index contributed by atoms with van der Waals surface area (Å²) < 4.78 is 11.3. The number of rotatable bonds is 5. The summed E-state index contributed by atoms with van der Waals surface area (Å²) in [6.45, 7) is 0. The molecule has 108 valence electrons. The molecule has 1 aromatic carbocycles. The van der Waals surface area contributed by atoms with Crippen molar-refractivity contribution < 1.29 is 9.00 Å². The predicted octanol–water partition coefficient (Wildman–Crippen LogP) is 3.51. The average molecular weight is 312 g/mol. The minimum Gasteiger partial charge on any atom is -0.326 e. The maximum absolute atomic E-state index is 11.9. The molecule has 1 N–H and O–H groups in total. The van der Waals surface area contributed by atoms with Crippen LogP contribution in [0, 0.1) is 5.92 Å². The van der Waals surface area contributed by atoms with Crippen LogP contribution in [0.1, 0.15) is 24.8 Å². The second-order valence-corrected chi connectivity index (χ2v) is 6.88. The fraction of sp³-hybridized carbons (Fsp3) is 0.400. The van der Waals surface area contributed by atoms with E-state index in [9.17, 15) is 9.00 Å². The van der Waals surface area contributed by atoms with E-state index >= 15 is 0 Å². The molecule has 2 rings (SSSR count). The van der Waals surface area contributed by atoms with E-state index in [1.54, 1.807) is 24.5 Å². The number of halogens is 1. The SMILES string of the molecule is CS(=O)Cc1cc(NC(=O)CC2C=CCC2)ccc1Cl. The lowest BCUT2D eigenvalue weighted by Crippen LogP contribution is -2.15. The van der Waals surface area contributed by atoms with Crippen molar-refractivity contribution >= 4 is 34.0 Å². The Morgan fingerprint density at radius 1 is 1.50 bits per heavy atom. The number of allylic oxidation sites excluding steroid dienone is 2. The van der Waals surface area contributed by atoms with Crippen molar-refractivity contribution in [2.75, 3.05) is 11.6 Å². The molecule has 0 aromatic heterocycles. The summed E-state index contributed by atoms with van der Waals surface area (Å²) in [5, 5.41) is 3.46. The maximum Gasteiger partial charge on any atom is 0.224 e. The first-order valence-corrected chi connectivity index (χ1v) is 8.70. The van der Waals surface area contributed by atoms with Gasteiger partial charge in [-0.25, -0.2) is 0 Å². The number of benzene rings is 1. The lowest BCUT2D eigenvalue weighted by atomic mass is 10.0. The molecule has 1 amide bonds. The van der Waals surface area contributed by atoms with Gasteiger partial charge in [0.1, 0.15) is 0 Å². The predicted molar refractivity (Wildman–Crippen MR) is 84.3 cm³/mol. The topological polar surface area (TPSA) is 46.2 Å². The molecule has 5 heteroatoms. The van der Waals surface area contributed by atoms with Crippen LogP contribution in [0.4, 0.5) is 5.69 Å². The highest BCUT2D eigenvalue weighted by molar-refractivity contribution is 7.83. The number of hydrogen-bond acceptors (Lipinski definition) is 2. The normalized spacial score (nSPS) is 19.0. The molecule has 0 aliphatic heterocycles. The van der Waals surface area contributed by atoms with E-state index in [2.05, 4.69) is 17.5 Å². The van der Waals surface area contributed by atoms with Crippen LogP contribution in [0.2, 0.25) is 5.02 Å². The summed E-state index contributed by atoms with van der Waals surface area (Å²) in [5.41, 5.74) is 1.51. The van der Waals surface area contributed by atoms with Gasteiger partial charge in [0.15, 0.2) is 0 Å². The van der Waals surface area contributed by atoms with Crippen molar-refractivity contribution in [2.24, 2.45) is 5.92 Å². The first-order valence-electron chi connectivity index (χ1n) is 6.59. The number of nitrogens with one attached hydrogen (secondary N) is 1. The highest BCUT2D eigenvalue weighted by Crippen LogP contribution is 2.24. The zero-order chi connectivity index (χ0) is 14.5. The van der Waals surface area contributed by atoms with Crippen LogP contribution >= 0.6 is 11.6 Å². The number of carbonyl (C=O) groups is 1. The van der Waals surface area contributed by atoms with Gasteiger partial charge in [0.2, 0.25) is 5.91 Å². The van der Waals surface area contributed by atoms with Crippen molar-refractivity contribution in [3.63, 3.8) is 0 Å². The van der Waals surface area contributed by atoms with E-state index < -0.39 is 10.8 Å². The first-order chi connectivity index (χ1) is 9.54. The third-order valence-electron chi connectivity index (χ3n) is 3.25. The molecule has 1 aromatic rings. The fourth-order valence-electron chi connectivity index (χ4n) is 2.30. The van der Waals surface area contributed by atoms with Crippen LogP contribution in [0.15, 0.2) is 30.4 Å². The molecule has 0 fully saturated rings. The Kier molecular flexibility index (Phi) is 5.38. The summed E-state index contributed by atoms with van der Waals surface area (Å²) >= 11 is 6.06. The Hall–Kier alpha value is -1.13. The first kappa shape index (κ1) is 15.3. The fourth-order valence-corrected chi connectivity index (χ4v) is 3.24. The van der Waals surface area contributed by atoms with E-state index in [0.29, 0.717) is 28.8 Å². The molecular weight excluding hydrogens is 294 g/mol. The van der Waals surface area contributed by atoms with Gasteiger partial charge < -0.3 is 5.32 Å². The molecule has 0 spiro atoms. The Morgan fingerprint density at radius 3 is 2.95 bits per heavy atom. The summed E-state index contributed by atoms with van der Waals surface area (Å²) in [7, 11) is -0.958. The van der Waals surface area contributed by atoms with E-state index in [1.165, 1.54) is 0 Å². The van der Waals surface area contributed by atoms with E-state index in [1.807, 2.05) is 0 Å². The van der Waals surface area contributed by atoms with Crippen molar-refractivity contribution in [2.45, 2.75) is 25.0 Å². The van der Waals surface area contributed by atoms with Crippen molar-refractivity contribution in [1.82, 2.24) is 0 Å². The third-order valence-corrected chi connectivity index (χ3v) is 4.33. The monoisotopic (exact) mass is 311 g/mol. The van der Waals surface area contributed by atoms with Crippen LogP contribution in [0.25, 0.3) is 0 Å². The van der Waals surface area contributed by atoms with Gasteiger partial charge in [-0.15, -0.1) is 0 Å².